The Morgan fingerprint density at radius 3 is 3.32 bits per heavy atom. The molecule has 0 fully saturated rings. The SMILES string of the molecule is C=C(C)COCCNC(=O)C1Cc2nc[nH]c2CN1. The summed E-state index contributed by atoms with van der Waals surface area (Å²) in [6.07, 6.45) is 2.29. The number of imidazole rings is 1. The number of carbonyl (C=O) groups is 1. The minimum Gasteiger partial charge on any atom is -0.375 e. The van der Waals surface area contributed by atoms with Gasteiger partial charge in [0.15, 0.2) is 0 Å². The van der Waals surface area contributed by atoms with Crippen LogP contribution in [0.3, 0.4) is 0 Å². The number of nitrogens with one attached hydrogen (secondary N) is 3. The van der Waals surface area contributed by atoms with Crippen LogP contribution in [-0.2, 0) is 22.5 Å². The molecule has 0 radical (unpaired) electrons. The number of aromatic amines is 1. The van der Waals surface area contributed by atoms with Crippen molar-refractivity contribution >= 4 is 5.91 Å². The number of hydrogen-bond donors (Lipinski definition) is 3. The molecule has 1 aromatic heterocycles. The van der Waals surface area contributed by atoms with E-state index in [1.807, 2.05) is 6.92 Å². The third-order valence-corrected chi connectivity index (χ3v) is 2.94. The van der Waals surface area contributed by atoms with Crippen molar-refractivity contribution in [3.05, 3.63) is 29.9 Å². The highest BCUT2D eigenvalue weighted by Crippen LogP contribution is 2.11. The number of carbonyl (C=O) groups excluding carboxylic acids is 1. The third-order valence-electron chi connectivity index (χ3n) is 2.94. The summed E-state index contributed by atoms with van der Waals surface area (Å²) in [6, 6.07) is -0.211. The molecule has 0 saturated carbocycles. The van der Waals surface area contributed by atoms with E-state index in [9.17, 15) is 4.79 Å². The van der Waals surface area contributed by atoms with Gasteiger partial charge in [0.2, 0.25) is 5.91 Å². The normalized spacial score (nSPS) is 17.8. The van der Waals surface area contributed by atoms with E-state index in [0.717, 1.165) is 17.0 Å². The van der Waals surface area contributed by atoms with Crippen LogP contribution in [0.1, 0.15) is 18.3 Å². The molecule has 2 heterocycles. The number of H-pyrrole nitrogens is 1. The van der Waals surface area contributed by atoms with Crippen LogP contribution in [-0.4, -0.2) is 41.7 Å². The number of amides is 1. The molecule has 1 aliphatic heterocycles. The van der Waals surface area contributed by atoms with Gasteiger partial charge in [-0.05, 0) is 6.92 Å². The van der Waals surface area contributed by atoms with Crippen LogP contribution in [0.25, 0.3) is 0 Å². The minimum absolute atomic E-state index is 0.00687. The zero-order valence-electron chi connectivity index (χ0n) is 11.2. The summed E-state index contributed by atoms with van der Waals surface area (Å²) in [4.78, 5) is 19.2. The average Bonchev–Trinajstić information content (AvgIpc) is 2.84. The molecule has 1 unspecified atom stereocenters. The lowest BCUT2D eigenvalue weighted by Gasteiger charge is -2.22. The van der Waals surface area contributed by atoms with E-state index in [0.29, 0.717) is 32.7 Å². The lowest BCUT2D eigenvalue weighted by molar-refractivity contribution is -0.123. The lowest BCUT2D eigenvalue weighted by Crippen LogP contribution is -2.48. The van der Waals surface area contributed by atoms with Crippen molar-refractivity contribution in [1.82, 2.24) is 20.6 Å². The number of aromatic nitrogens is 2. The van der Waals surface area contributed by atoms with Gasteiger partial charge in [0.1, 0.15) is 0 Å². The summed E-state index contributed by atoms with van der Waals surface area (Å²) < 4.78 is 5.32. The molecule has 1 aromatic rings. The highest BCUT2D eigenvalue weighted by atomic mass is 16.5. The molecule has 0 aliphatic carbocycles. The van der Waals surface area contributed by atoms with Crippen molar-refractivity contribution in [2.45, 2.75) is 25.9 Å². The molecule has 1 atom stereocenters. The predicted octanol–water partition coefficient (Wildman–Crippen LogP) is 0.133. The van der Waals surface area contributed by atoms with Crippen molar-refractivity contribution in [3.63, 3.8) is 0 Å². The molecule has 19 heavy (non-hydrogen) atoms. The van der Waals surface area contributed by atoms with Crippen LogP contribution in [0.15, 0.2) is 18.5 Å². The molecule has 2 rings (SSSR count). The molecule has 3 N–H and O–H groups in total. The topological polar surface area (TPSA) is 79.0 Å². The van der Waals surface area contributed by atoms with Gasteiger partial charge in [-0.3, -0.25) is 10.1 Å². The molecular weight excluding hydrogens is 244 g/mol. The van der Waals surface area contributed by atoms with E-state index >= 15 is 0 Å². The molecule has 0 spiro atoms. The van der Waals surface area contributed by atoms with Gasteiger partial charge >= 0.3 is 0 Å². The fourth-order valence-corrected chi connectivity index (χ4v) is 1.97. The van der Waals surface area contributed by atoms with E-state index in [4.69, 9.17) is 4.74 Å². The molecule has 0 saturated heterocycles. The van der Waals surface area contributed by atoms with E-state index < -0.39 is 0 Å². The molecule has 0 aromatic carbocycles. The maximum atomic E-state index is 11.9. The molecule has 6 heteroatoms. The summed E-state index contributed by atoms with van der Waals surface area (Å²) >= 11 is 0. The molecule has 104 valence electrons. The fraction of sp³-hybridized carbons (Fsp3) is 0.538. The summed E-state index contributed by atoms with van der Waals surface area (Å²) in [5.74, 6) is -0.00687. The first-order valence-corrected chi connectivity index (χ1v) is 6.41. The first-order valence-electron chi connectivity index (χ1n) is 6.41. The maximum absolute atomic E-state index is 11.9. The van der Waals surface area contributed by atoms with Gasteiger partial charge in [-0.15, -0.1) is 0 Å². The zero-order valence-corrected chi connectivity index (χ0v) is 11.2. The van der Waals surface area contributed by atoms with E-state index in [1.165, 1.54) is 0 Å². The van der Waals surface area contributed by atoms with Crippen LogP contribution in [0.5, 0.6) is 0 Å². The van der Waals surface area contributed by atoms with Crippen molar-refractivity contribution in [2.75, 3.05) is 19.8 Å². The second-order valence-electron chi connectivity index (χ2n) is 4.77. The van der Waals surface area contributed by atoms with Gasteiger partial charge in [0.25, 0.3) is 0 Å². The van der Waals surface area contributed by atoms with Gasteiger partial charge in [-0.2, -0.15) is 0 Å². The highest BCUT2D eigenvalue weighted by molar-refractivity contribution is 5.82. The average molecular weight is 264 g/mol. The second kappa shape index (κ2) is 6.49. The number of ether oxygens (including phenoxy) is 1. The predicted molar refractivity (Wildman–Crippen MR) is 71.6 cm³/mol. The smallest absolute Gasteiger partial charge is 0.237 e. The number of rotatable bonds is 6. The van der Waals surface area contributed by atoms with Crippen LogP contribution in [0.2, 0.25) is 0 Å². The largest absolute Gasteiger partial charge is 0.375 e. The Bertz CT molecular complexity index is 455. The molecule has 1 aliphatic rings. The maximum Gasteiger partial charge on any atom is 0.237 e. The third kappa shape index (κ3) is 3.90. The van der Waals surface area contributed by atoms with Gasteiger partial charge in [-0.1, -0.05) is 12.2 Å². The van der Waals surface area contributed by atoms with Crippen molar-refractivity contribution in [3.8, 4) is 0 Å². The summed E-state index contributed by atoms with van der Waals surface area (Å²) in [6.45, 7) is 7.85. The van der Waals surface area contributed by atoms with Crippen LogP contribution < -0.4 is 10.6 Å². The van der Waals surface area contributed by atoms with Crippen LogP contribution in [0.4, 0.5) is 0 Å². The first-order chi connectivity index (χ1) is 9.16. The molecule has 0 bridgehead atoms. The van der Waals surface area contributed by atoms with E-state index in [1.54, 1.807) is 6.33 Å². The summed E-state index contributed by atoms with van der Waals surface area (Å²) in [5, 5.41) is 6.04. The number of nitrogens with zero attached hydrogens (tertiary/aromatic N) is 1. The van der Waals surface area contributed by atoms with Gasteiger partial charge < -0.3 is 15.0 Å². The van der Waals surface area contributed by atoms with E-state index in [2.05, 4.69) is 27.2 Å². The quantitative estimate of drug-likeness (QED) is 0.504. The Hall–Kier alpha value is -1.66. The zero-order chi connectivity index (χ0) is 13.7. The van der Waals surface area contributed by atoms with Crippen molar-refractivity contribution < 1.29 is 9.53 Å². The van der Waals surface area contributed by atoms with E-state index in [-0.39, 0.29) is 11.9 Å². The standard InChI is InChI=1S/C13H20N4O2/c1-9(2)7-19-4-3-14-13(18)11-5-10-12(6-15-11)17-8-16-10/h8,11,15H,1,3-7H2,2H3,(H,14,18)(H,16,17). The Morgan fingerprint density at radius 2 is 2.53 bits per heavy atom. The fourth-order valence-electron chi connectivity index (χ4n) is 1.97. The summed E-state index contributed by atoms with van der Waals surface area (Å²) in [7, 11) is 0. The second-order valence-corrected chi connectivity index (χ2v) is 4.77. The van der Waals surface area contributed by atoms with Gasteiger partial charge in [0.05, 0.1) is 37.0 Å². The Labute approximate surface area is 112 Å². The van der Waals surface area contributed by atoms with Gasteiger partial charge in [-0.25, -0.2) is 4.98 Å². The molecule has 6 nitrogen and oxygen atoms in total. The summed E-state index contributed by atoms with van der Waals surface area (Å²) in [5.41, 5.74) is 3.01. The number of fused-ring (bicyclic) bond motifs is 1. The Kier molecular flexibility index (Phi) is 4.70. The van der Waals surface area contributed by atoms with Crippen molar-refractivity contribution in [2.24, 2.45) is 0 Å². The highest BCUT2D eigenvalue weighted by Gasteiger charge is 2.25. The Balaban J connectivity index is 1.68. The number of hydrogen-bond acceptors (Lipinski definition) is 4. The molecule has 1 amide bonds. The van der Waals surface area contributed by atoms with Crippen molar-refractivity contribution in [1.29, 1.82) is 0 Å². The lowest BCUT2D eigenvalue weighted by atomic mass is 10.0. The monoisotopic (exact) mass is 264 g/mol. The first kappa shape index (κ1) is 13.8. The van der Waals surface area contributed by atoms with Gasteiger partial charge in [0, 0.05) is 19.5 Å². The van der Waals surface area contributed by atoms with Crippen LogP contribution >= 0.6 is 0 Å². The Morgan fingerprint density at radius 1 is 1.68 bits per heavy atom. The molecular formula is C13H20N4O2. The van der Waals surface area contributed by atoms with Crippen LogP contribution in [0, 0.1) is 0 Å². The minimum atomic E-state index is -0.211.